The van der Waals surface area contributed by atoms with Crippen LogP contribution in [0.25, 0.3) is 0 Å². The molecular weight excluding hydrogens is 234 g/mol. The Bertz CT molecular complexity index is 296. The average molecular weight is 257 g/mol. The molecule has 0 aromatic carbocycles. The standard InChI is InChI=1S/C13H23NS2/c1-4-6-9-15-13(11(14)5-2)12-8-7-10(3)16-12/h7-8,11,13H,4-6,9,14H2,1-3H3. The van der Waals surface area contributed by atoms with Crippen LogP contribution in [0.15, 0.2) is 12.1 Å². The lowest BCUT2D eigenvalue weighted by atomic mass is 10.1. The molecule has 2 atom stereocenters. The van der Waals surface area contributed by atoms with Gasteiger partial charge in [-0.3, -0.25) is 0 Å². The van der Waals surface area contributed by atoms with E-state index < -0.39 is 0 Å². The molecule has 0 amide bonds. The van der Waals surface area contributed by atoms with Crippen LogP contribution in [-0.4, -0.2) is 11.8 Å². The van der Waals surface area contributed by atoms with Crippen molar-refractivity contribution < 1.29 is 0 Å². The van der Waals surface area contributed by atoms with Gasteiger partial charge in [0.25, 0.3) is 0 Å². The van der Waals surface area contributed by atoms with Gasteiger partial charge in [-0.2, -0.15) is 11.8 Å². The van der Waals surface area contributed by atoms with E-state index in [2.05, 4.69) is 32.9 Å². The molecule has 2 unspecified atom stereocenters. The molecule has 3 heteroatoms. The van der Waals surface area contributed by atoms with E-state index in [0.717, 1.165) is 6.42 Å². The number of nitrogens with two attached hydrogens (primary N) is 1. The predicted molar refractivity (Wildman–Crippen MR) is 77.4 cm³/mol. The van der Waals surface area contributed by atoms with Gasteiger partial charge in [-0.25, -0.2) is 0 Å². The van der Waals surface area contributed by atoms with Crippen molar-refractivity contribution in [2.24, 2.45) is 5.73 Å². The van der Waals surface area contributed by atoms with Gasteiger partial charge in [0.05, 0.1) is 5.25 Å². The van der Waals surface area contributed by atoms with Crippen molar-refractivity contribution in [3.05, 3.63) is 21.9 Å². The van der Waals surface area contributed by atoms with E-state index in [1.165, 1.54) is 28.3 Å². The molecule has 0 spiro atoms. The Labute approximate surface area is 108 Å². The SMILES string of the molecule is CCCCSC(c1ccc(C)s1)C(N)CC. The molecule has 1 nitrogen and oxygen atoms in total. The fourth-order valence-corrected chi connectivity index (χ4v) is 4.27. The number of thiophene rings is 1. The van der Waals surface area contributed by atoms with Crippen molar-refractivity contribution in [2.45, 2.75) is 51.3 Å². The summed E-state index contributed by atoms with van der Waals surface area (Å²) in [5.41, 5.74) is 6.23. The zero-order valence-electron chi connectivity index (χ0n) is 10.5. The average Bonchev–Trinajstić information content (AvgIpc) is 2.70. The smallest absolute Gasteiger partial charge is 0.0542 e. The summed E-state index contributed by atoms with van der Waals surface area (Å²) in [6, 6.07) is 4.74. The Morgan fingerprint density at radius 1 is 1.38 bits per heavy atom. The van der Waals surface area contributed by atoms with Crippen LogP contribution in [0.5, 0.6) is 0 Å². The first kappa shape index (κ1) is 14.1. The largest absolute Gasteiger partial charge is 0.326 e. The maximum absolute atomic E-state index is 6.23. The first-order valence-corrected chi connectivity index (χ1v) is 7.99. The third-order valence-corrected chi connectivity index (χ3v) is 5.42. The fraction of sp³-hybridized carbons (Fsp3) is 0.692. The number of rotatable bonds is 7. The minimum atomic E-state index is 0.292. The molecule has 0 bridgehead atoms. The number of hydrogen-bond donors (Lipinski definition) is 1. The summed E-state index contributed by atoms with van der Waals surface area (Å²) in [5.74, 6) is 1.23. The molecular formula is C13H23NS2. The van der Waals surface area contributed by atoms with Crippen LogP contribution in [0.1, 0.15) is 48.1 Å². The second-order valence-corrected chi connectivity index (χ2v) is 6.73. The molecule has 1 aromatic heterocycles. The Morgan fingerprint density at radius 2 is 2.12 bits per heavy atom. The van der Waals surface area contributed by atoms with E-state index in [4.69, 9.17) is 5.73 Å². The first-order valence-electron chi connectivity index (χ1n) is 6.12. The Kier molecular flexibility index (Phi) is 6.47. The van der Waals surface area contributed by atoms with Crippen molar-refractivity contribution in [1.82, 2.24) is 0 Å². The summed E-state index contributed by atoms with van der Waals surface area (Å²) >= 11 is 3.93. The number of unbranched alkanes of at least 4 members (excludes halogenated alkanes) is 1. The molecule has 16 heavy (non-hydrogen) atoms. The number of aryl methyl sites for hydroxylation is 1. The second-order valence-electron chi connectivity index (χ2n) is 4.17. The van der Waals surface area contributed by atoms with Crippen molar-refractivity contribution in [2.75, 3.05) is 5.75 Å². The second kappa shape index (κ2) is 7.36. The topological polar surface area (TPSA) is 26.0 Å². The highest BCUT2D eigenvalue weighted by Gasteiger charge is 2.20. The number of hydrogen-bond acceptors (Lipinski definition) is 3. The molecule has 0 radical (unpaired) electrons. The molecule has 1 heterocycles. The van der Waals surface area contributed by atoms with Crippen LogP contribution in [0, 0.1) is 6.92 Å². The van der Waals surface area contributed by atoms with E-state index >= 15 is 0 Å². The third-order valence-electron chi connectivity index (χ3n) is 2.70. The van der Waals surface area contributed by atoms with Crippen LogP contribution >= 0.6 is 23.1 Å². The van der Waals surface area contributed by atoms with Gasteiger partial charge < -0.3 is 5.73 Å². The van der Waals surface area contributed by atoms with Crippen LogP contribution in [-0.2, 0) is 0 Å². The summed E-state index contributed by atoms with van der Waals surface area (Å²) in [6.45, 7) is 6.59. The summed E-state index contributed by atoms with van der Waals surface area (Å²) < 4.78 is 0. The van der Waals surface area contributed by atoms with E-state index in [1.54, 1.807) is 0 Å². The third kappa shape index (κ3) is 4.11. The quantitative estimate of drug-likeness (QED) is 0.734. The highest BCUT2D eigenvalue weighted by Crippen LogP contribution is 2.36. The summed E-state index contributed by atoms with van der Waals surface area (Å²) in [4.78, 5) is 2.84. The van der Waals surface area contributed by atoms with E-state index in [9.17, 15) is 0 Å². The Morgan fingerprint density at radius 3 is 2.62 bits per heavy atom. The molecule has 0 aliphatic carbocycles. The van der Waals surface area contributed by atoms with Crippen LogP contribution < -0.4 is 5.73 Å². The van der Waals surface area contributed by atoms with Gasteiger partial charge in [0.2, 0.25) is 0 Å². The zero-order valence-corrected chi connectivity index (χ0v) is 12.2. The predicted octanol–water partition coefficient (Wildman–Crippen LogP) is 4.37. The summed E-state index contributed by atoms with van der Waals surface area (Å²) in [5, 5.41) is 0.496. The van der Waals surface area contributed by atoms with E-state index in [-0.39, 0.29) is 0 Å². The lowest BCUT2D eigenvalue weighted by Crippen LogP contribution is -2.25. The maximum Gasteiger partial charge on any atom is 0.0542 e. The minimum Gasteiger partial charge on any atom is -0.326 e. The van der Waals surface area contributed by atoms with Gasteiger partial charge in [0.15, 0.2) is 0 Å². The van der Waals surface area contributed by atoms with Gasteiger partial charge in [-0.1, -0.05) is 20.3 Å². The summed E-state index contributed by atoms with van der Waals surface area (Å²) in [6.07, 6.45) is 3.62. The lowest BCUT2D eigenvalue weighted by Gasteiger charge is -2.21. The van der Waals surface area contributed by atoms with Crippen molar-refractivity contribution >= 4 is 23.1 Å². The fourth-order valence-electron chi connectivity index (χ4n) is 1.59. The monoisotopic (exact) mass is 257 g/mol. The van der Waals surface area contributed by atoms with Crippen molar-refractivity contribution in [3.63, 3.8) is 0 Å². The zero-order chi connectivity index (χ0) is 12.0. The first-order chi connectivity index (χ1) is 7.69. The van der Waals surface area contributed by atoms with Crippen molar-refractivity contribution in [3.8, 4) is 0 Å². The van der Waals surface area contributed by atoms with E-state index in [0.29, 0.717) is 11.3 Å². The van der Waals surface area contributed by atoms with Crippen molar-refractivity contribution in [1.29, 1.82) is 0 Å². The molecule has 0 aliphatic rings. The number of thioether (sulfide) groups is 1. The van der Waals surface area contributed by atoms with Crippen LogP contribution in [0.3, 0.4) is 0 Å². The van der Waals surface area contributed by atoms with Gasteiger partial charge in [-0.15, -0.1) is 11.3 Å². The molecule has 0 aliphatic heterocycles. The van der Waals surface area contributed by atoms with Gasteiger partial charge in [-0.05, 0) is 37.7 Å². The highest BCUT2D eigenvalue weighted by atomic mass is 32.2. The van der Waals surface area contributed by atoms with Gasteiger partial charge >= 0.3 is 0 Å². The normalized spacial score (nSPS) is 15.0. The molecule has 0 fully saturated rings. The molecule has 0 saturated carbocycles. The molecule has 2 N–H and O–H groups in total. The highest BCUT2D eigenvalue weighted by molar-refractivity contribution is 7.99. The van der Waals surface area contributed by atoms with Crippen LogP contribution in [0.4, 0.5) is 0 Å². The minimum absolute atomic E-state index is 0.292. The molecule has 1 rings (SSSR count). The lowest BCUT2D eigenvalue weighted by molar-refractivity contribution is 0.639. The molecule has 1 aromatic rings. The van der Waals surface area contributed by atoms with Crippen LogP contribution in [0.2, 0.25) is 0 Å². The molecule has 0 saturated heterocycles. The Hall–Kier alpha value is 0.01000. The molecule has 92 valence electrons. The Balaban J connectivity index is 2.63. The van der Waals surface area contributed by atoms with E-state index in [1.807, 2.05) is 23.1 Å². The summed E-state index contributed by atoms with van der Waals surface area (Å²) in [7, 11) is 0. The van der Waals surface area contributed by atoms with Gasteiger partial charge in [0, 0.05) is 15.8 Å². The van der Waals surface area contributed by atoms with Gasteiger partial charge in [0.1, 0.15) is 0 Å². The maximum atomic E-state index is 6.23.